The molecule has 0 aliphatic rings. The number of ether oxygens (including phenoxy) is 2. The zero-order valence-corrected chi connectivity index (χ0v) is 15.8. The van der Waals surface area contributed by atoms with Crippen molar-refractivity contribution in [3.8, 4) is 0 Å². The number of fused-ring (bicyclic) bond motifs is 1. The molecule has 0 saturated carbocycles. The van der Waals surface area contributed by atoms with Gasteiger partial charge in [0, 0.05) is 12.7 Å². The van der Waals surface area contributed by atoms with Crippen LogP contribution in [0.2, 0.25) is 0 Å². The van der Waals surface area contributed by atoms with Gasteiger partial charge in [0.05, 0.1) is 23.7 Å². The summed E-state index contributed by atoms with van der Waals surface area (Å²) in [6.45, 7) is 8.65. The molecule has 8 nitrogen and oxygen atoms in total. The van der Waals surface area contributed by atoms with E-state index in [0.29, 0.717) is 0 Å². The summed E-state index contributed by atoms with van der Waals surface area (Å²) < 4.78 is 11.4. The van der Waals surface area contributed by atoms with Crippen molar-refractivity contribution >= 4 is 23.0 Å². The van der Waals surface area contributed by atoms with Gasteiger partial charge in [-0.25, -0.2) is 19.3 Å². The highest BCUT2D eigenvalue weighted by atomic mass is 16.6. The number of esters is 1. The van der Waals surface area contributed by atoms with Crippen LogP contribution >= 0.6 is 0 Å². The quantitative estimate of drug-likeness (QED) is 0.780. The number of amides is 1. The van der Waals surface area contributed by atoms with Crippen LogP contribution in [0, 0.1) is 6.92 Å². The summed E-state index contributed by atoms with van der Waals surface area (Å²) in [5.41, 5.74) is -0.583. The number of methoxy groups -OCH3 is 1. The molecule has 0 aliphatic carbocycles. The van der Waals surface area contributed by atoms with E-state index >= 15 is 0 Å². The third kappa shape index (κ3) is 3.54. The highest BCUT2D eigenvalue weighted by Crippen LogP contribution is 2.19. The van der Waals surface area contributed by atoms with Crippen LogP contribution in [0.25, 0.3) is 10.9 Å². The van der Waals surface area contributed by atoms with Crippen molar-refractivity contribution in [3.63, 3.8) is 0 Å². The van der Waals surface area contributed by atoms with Crippen LogP contribution in [0.5, 0.6) is 0 Å². The van der Waals surface area contributed by atoms with Crippen molar-refractivity contribution in [2.45, 2.75) is 40.2 Å². The fourth-order valence-electron chi connectivity index (χ4n) is 2.62. The van der Waals surface area contributed by atoms with Gasteiger partial charge in [-0.15, -0.1) is 0 Å². The summed E-state index contributed by atoms with van der Waals surface area (Å²) in [5, 5.41) is 1.36. The van der Waals surface area contributed by atoms with Gasteiger partial charge in [0.15, 0.2) is 0 Å². The lowest BCUT2D eigenvalue weighted by molar-refractivity contribution is 0.0531. The van der Waals surface area contributed by atoms with Crippen molar-refractivity contribution in [2.24, 2.45) is 0 Å². The third-order valence-corrected chi connectivity index (χ3v) is 3.68. The lowest BCUT2D eigenvalue weighted by Gasteiger charge is -2.29. The Morgan fingerprint density at radius 1 is 1.31 bits per heavy atom. The van der Waals surface area contributed by atoms with Gasteiger partial charge in [-0.3, -0.25) is 9.78 Å². The van der Waals surface area contributed by atoms with Crippen molar-refractivity contribution in [3.05, 3.63) is 39.9 Å². The molecule has 2 aromatic heterocycles. The average Bonchev–Trinajstić information content (AvgIpc) is 2.56. The molecule has 8 heteroatoms. The molecule has 0 saturated heterocycles. The van der Waals surface area contributed by atoms with Crippen LogP contribution in [0.3, 0.4) is 0 Å². The molecule has 2 aromatic rings. The Morgan fingerprint density at radius 2 is 1.96 bits per heavy atom. The van der Waals surface area contributed by atoms with Crippen molar-refractivity contribution in [1.82, 2.24) is 9.66 Å². The molecule has 26 heavy (non-hydrogen) atoms. The Bertz CT molecular complexity index is 911. The third-order valence-electron chi connectivity index (χ3n) is 3.68. The summed E-state index contributed by atoms with van der Waals surface area (Å²) in [6.07, 6.45) is 0.799. The van der Waals surface area contributed by atoms with Gasteiger partial charge in [0.1, 0.15) is 11.2 Å². The van der Waals surface area contributed by atoms with Gasteiger partial charge in [0.2, 0.25) is 0 Å². The number of hydrogen-bond donors (Lipinski definition) is 0. The number of aromatic nitrogens is 2. The maximum absolute atomic E-state index is 13.0. The maximum atomic E-state index is 13.0. The predicted molar refractivity (Wildman–Crippen MR) is 97.1 cm³/mol. The van der Waals surface area contributed by atoms with E-state index in [2.05, 4.69) is 4.98 Å². The standard InChI is InChI=1S/C18H23N3O5/c1-7-20(17(24)26-18(3,4)5)21-11(2)13(16(23)25-6)14-12(15(21)22)9-8-10-19-14/h8-10H,7H2,1-6H3. The van der Waals surface area contributed by atoms with Crippen molar-refractivity contribution < 1.29 is 19.1 Å². The monoisotopic (exact) mass is 361 g/mol. The average molecular weight is 361 g/mol. The fourth-order valence-corrected chi connectivity index (χ4v) is 2.62. The molecule has 2 heterocycles. The van der Waals surface area contributed by atoms with E-state index in [1.165, 1.54) is 13.3 Å². The smallest absolute Gasteiger partial charge is 0.429 e. The predicted octanol–water partition coefficient (Wildman–Crippen LogP) is 2.38. The summed E-state index contributed by atoms with van der Waals surface area (Å²) in [6, 6.07) is 3.14. The Hall–Kier alpha value is -2.90. The summed E-state index contributed by atoms with van der Waals surface area (Å²) in [5.74, 6) is -0.639. The molecule has 1 amide bonds. The maximum Gasteiger partial charge on any atom is 0.429 e. The molecule has 140 valence electrons. The number of pyridine rings is 2. The van der Waals surface area contributed by atoms with Crippen LogP contribution < -0.4 is 10.6 Å². The number of carbonyl (C=O) groups is 2. The first-order valence-electron chi connectivity index (χ1n) is 8.21. The molecule has 2 rings (SSSR count). The fraction of sp³-hybridized carbons (Fsp3) is 0.444. The zero-order chi connectivity index (χ0) is 19.6. The van der Waals surface area contributed by atoms with Crippen molar-refractivity contribution in [1.29, 1.82) is 0 Å². The normalized spacial score (nSPS) is 11.3. The minimum atomic E-state index is -0.731. The van der Waals surface area contributed by atoms with E-state index in [1.54, 1.807) is 46.8 Å². The second-order valence-corrected chi connectivity index (χ2v) is 6.66. The Kier molecular flexibility index (Phi) is 5.34. The lowest BCUT2D eigenvalue weighted by atomic mass is 10.1. The first-order valence-corrected chi connectivity index (χ1v) is 8.21. The van der Waals surface area contributed by atoms with Crippen LogP contribution in [0.1, 0.15) is 43.7 Å². The van der Waals surface area contributed by atoms with Crippen LogP contribution in [0.4, 0.5) is 4.79 Å². The lowest BCUT2D eigenvalue weighted by Crippen LogP contribution is -2.50. The molecular formula is C18H23N3O5. The minimum absolute atomic E-state index is 0.129. The Morgan fingerprint density at radius 3 is 2.50 bits per heavy atom. The molecule has 0 aromatic carbocycles. The van der Waals surface area contributed by atoms with E-state index in [-0.39, 0.29) is 28.7 Å². The molecule has 0 aliphatic heterocycles. The largest absolute Gasteiger partial charge is 0.465 e. The molecule has 0 fully saturated rings. The summed E-state index contributed by atoms with van der Waals surface area (Å²) in [7, 11) is 1.25. The Balaban J connectivity index is 2.79. The highest BCUT2D eigenvalue weighted by molar-refractivity contribution is 6.03. The number of carbonyl (C=O) groups excluding carboxylic acids is 2. The van der Waals surface area contributed by atoms with Gasteiger partial charge in [-0.05, 0) is 46.8 Å². The SMILES string of the molecule is CCN(C(=O)OC(C)(C)C)n1c(C)c(C(=O)OC)c2ncccc2c1=O. The molecule has 0 N–H and O–H groups in total. The van der Waals surface area contributed by atoms with Gasteiger partial charge in [-0.1, -0.05) is 0 Å². The number of nitrogens with zero attached hydrogens (tertiary/aromatic N) is 3. The molecule has 0 radical (unpaired) electrons. The summed E-state index contributed by atoms with van der Waals surface area (Å²) >= 11 is 0. The second-order valence-electron chi connectivity index (χ2n) is 6.66. The first-order chi connectivity index (χ1) is 12.1. The van der Waals surface area contributed by atoms with E-state index in [1.807, 2.05) is 0 Å². The first kappa shape index (κ1) is 19.4. The molecule has 0 unspecified atom stereocenters. The van der Waals surface area contributed by atoms with E-state index < -0.39 is 23.2 Å². The van der Waals surface area contributed by atoms with Crippen LogP contribution in [-0.2, 0) is 9.47 Å². The molecule has 0 spiro atoms. The van der Waals surface area contributed by atoms with Gasteiger partial charge in [0.25, 0.3) is 5.56 Å². The second kappa shape index (κ2) is 7.15. The molecule has 0 atom stereocenters. The zero-order valence-electron chi connectivity index (χ0n) is 15.8. The van der Waals surface area contributed by atoms with Crippen LogP contribution in [0.15, 0.2) is 23.1 Å². The number of rotatable bonds is 3. The van der Waals surface area contributed by atoms with Gasteiger partial charge >= 0.3 is 12.1 Å². The highest BCUT2D eigenvalue weighted by Gasteiger charge is 2.28. The van der Waals surface area contributed by atoms with E-state index in [9.17, 15) is 14.4 Å². The topological polar surface area (TPSA) is 90.7 Å². The van der Waals surface area contributed by atoms with Crippen molar-refractivity contribution in [2.75, 3.05) is 18.7 Å². The van der Waals surface area contributed by atoms with Gasteiger partial charge < -0.3 is 9.47 Å². The summed E-state index contributed by atoms with van der Waals surface area (Å²) in [4.78, 5) is 42.1. The molecule has 0 bridgehead atoms. The minimum Gasteiger partial charge on any atom is -0.465 e. The van der Waals surface area contributed by atoms with E-state index in [4.69, 9.17) is 9.47 Å². The van der Waals surface area contributed by atoms with E-state index in [0.717, 1.165) is 9.69 Å². The van der Waals surface area contributed by atoms with Gasteiger partial charge in [-0.2, -0.15) is 0 Å². The molecular weight excluding hydrogens is 338 g/mol. The van der Waals surface area contributed by atoms with Crippen LogP contribution in [-0.4, -0.2) is 41.0 Å². The number of hydrogen-bond acceptors (Lipinski definition) is 6. The Labute approximate surface area is 151 Å².